The van der Waals surface area contributed by atoms with Crippen molar-refractivity contribution in [3.63, 3.8) is 0 Å². The molecule has 0 radical (unpaired) electrons. The molecular formula is C15H18ClNO2. The van der Waals surface area contributed by atoms with Crippen molar-refractivity contribution < 1.29 is 9.53 Å². The smallest absolute Gasteiger partial charge is 0.329 e. The molecular weight excluding hydrogens is 262 g/mol. The normalized spacial score (nSPS) is 12.6. The Morgan fingerprint density at radius 1 is 1.37 bits per heavy atom. The lowest BCUT2D eigenvalue weighted by Crippen LogP contribution is -2.21. The van der Waals surface area contributed by atoms with Gasteiger partial charge in [-0.15, -0.1) is 0 Å². The van der Waals surface area contributed by atoms with Gasteiger partial charge in [0.2, 0.25) is 0 Å². The topological polar surface area (TPSA) is 31.2 Å². The first-order valence-electron chi connectivity index (χ1n) is 6.60. The number of carbonyl (C=O) groups excluding carboxylic acids is 1. The zero-order chi connectivity index (χ0) is 13.8. The van der Waals surface area contributed by atoms with E-state index in [-0.39, 0.29) is 12.0 Å². The summed E-state index contributed by atoms with van der Waals surface area (Å²) in [7, 11) is 0. The number of halogens is 1. The fourth-order valence-electron chi connectivity index (χ4n) is 2.18. The number of benzene rings is 1. The number of esters is 1. The van der Waals surface area contributed by atoms with Gasteiger partial charge in [0.25, 0.3) is 0 Å². The van der Waals surface area contributed by atoms with E-state index in [9.17, 15) is 4.79 Å². The van der Waals surface area contributed by atoms with Crippen molar-refractivity contribution in [2.45, 2.75) is 32.7 Å². The quantitative estimate of drug-likeness (QED) is 0.768. The highest BCUT2D eigenvalue weighted by Crippen LogP contribution is 2.25. The fourth-order valence-corrected chi connectivity index (χ4v) is 2.36. The number of carbonyl (C=O) groups is 1. The van der Waals surface area contributed by atoms with Gasteiger partial charge in [0.05, 0.1) is 6.61 Å². The van der Waals surface area contributed by atoms with Gasteiger partial charge in [-0.1, -0.05) is 25.4 Å². The van der Waals surface area contributed by atoms with E-state index in [2.05, 4.69) is 0 Å². The van der Waals surface area contributed by atoms with Crippen LogP contribution in [0.5, 0.6) is 0 Å². The Labute approximate surface area is 118 Å². The van der Waals surface area contributed by atoms with Crippen LogP contribution in [0.2, 0.25) is 5.02 Å². The van der Waals surface area contributed by atoms with Gasteiger partial charge in [0, 0.05) is 22.1 Å². The van der Waals surface area contributed by atoms with E-state index in [4.69, 9.17) is 16.3 Å². The zero-order valence-electron chi connectivity index (χ0n) is 11.2. The lowest BCUT2D eigenvalue weighted by atomic mass is 10.2. The van der Waals surface area contributed by atoms with Gasteiger partial charge < -0.3 is 9.30 Å². The summed E-state index contributed by atoms with van der Waals surface area (Å²) < 4.78 is 7.22. The molecule has 0 aliphatic rings. The fraction of sp³-hybridized carbons (Fsp3) is 0.400. The van der Waals surface area contributed by atoms with E-state index in [0.29, 0.717) is 18.1 Å². The molecule has 0 aliphatic carbocycles. The minimum absolute atomic E-state index is 0.170. The second-order valence-electron chi connectivity index (χ2n) is 4.52. The van der Waals surface area contributed by atoms with E-state index in [1.807, 2.05) is 48.9 Å². The summed E-state index contributed by atoms with van der Waals surface area (Å²) in [6, 6.07) is 7.37. The van der Waals surface area contributed by atoms with Gasteiger partial charge in [-0.2, -0.15) is 0 Å². The molecule has 1 aromatic heterocycles. The number of nitrogens with zero attached hydrogens (tertiary/aromatic N) is 1. The molecule has 1 heterocycles. The molecule has 2 rings (SSSR count). The Morgan fingerprint density at radius 3 is 2.84 bits per heavy atom. The largest absolute Gasteiger partial charge is 0.464 e. The molecule has 0 saturated carbocycles. The number of fused-ring (bicyclic) bond motifs is 1. The lowest BCUT2D eigenvalue weighted by molar-refractivity contribution is -0.147. The molecule has 0 spiro atoms. The molecule has 102 valence electrons. The maximum Gasteiger partial charge on any atom is 0.329 e. The molecule has 19 heavy (non-hydrogen) atoms. The van der Waals surface area contributed by atoms with E-state index >= 15 is 0 Å². The highest BCUT2D eigenvalue weighted by atomic mass is 35.5. The molecule has 0 amide bonds. The van der Waals surface area contributed by atoms with Crippen LogP contribution in [-0.2, 0) is 9.53 Å². The lowest BCUT2D eigenvalue weighted by Gasteiger charge is -2.17. The van der Waals surface area contributed by atoms with Crippen molar-refractivity contribution in [2.75, 3.05) is 6.61 Å². The third-order valence-electron chi connectivity index (χ3n) is 3.13. The summed E-state index contributed by atoms with van der Waals surface area (Å²) in [5.41, 5.74) is 1.00. The highest BCUT2D eigenvalue weighted by Gasteiger charge is 2.21. The summed E-state index contributed by atoms with van der Waals surface area (Å²) in [6.45, 7) is 4.45. The van der Waals surface area contributed by atoms with Crippen LogP contribution in [0.25, 0.3) is 10.9 Å². The maximum atomic E-state index is 12.1. The number of hydrogen-bond donors (Lipinski definition) is 0. The molecule has 1 aromatic carbocycles. The summed E-state index contributed by atoms with van der Waals surface area (Å²) >= 11 is 5.97. The second-order valence-corrected chi connectivity index (χ2v) is 4.95. The number of rotatable bonds is 5. The molecule has 1 atom stereocenters. The van der Waals surface area contributed by atoms with Crippen molar-refractivity contribution in [1.29, 1.82) is 0 Å². The van der Waals surface area contributed by atoms with Crippen LogP contribution in [0.4, 0.5) is 0 Å². The van der Waals surface area contributed by atoms with Crippen molar-refractivity contribution in [2.24, 2.45) is 0 Å². The van der Waals surface area contributed by atoms with E-state index in [1.54, 1.807) is 0 Å². The highest BCUT2D eigenvalue weighted by molar-refractivity contribution is 6.31. The zero-order valence-corrected chi connectivity index (χ0v) is 12.0. The molecule has 0 saturated heterocycles. The molecule has 0 N–H and O–H groups in total. The first kappa shape index (κ1) is 13.9. The van der Waals surface area contributed by atoms with E-state index in [0.717, 1.165) is 17.3 Å². The van der Waals surface area contributed by atoms with Gasteiger partial charge in [-0.25, -0.2) is 4.79 Å². The number of aromatic nitrogens is 1. The average Bonchev–Trinajstić information content (AvgIpc) is 2.80. The van der Waals surface area contributed by atoms with Crippen LogP contribution in [0.3, 0.4) is 0 Å². The van der Waals surface area contributed by atoms with Crippen LogP contribution < -0.4 is 0 Å². The molecule has 0 fully saturated rings. The average molecular weight is 280 g/mol. The first-order chi connectivity index (χ1) is 9.17. The third-order valence-corrected chi connectivity index (χ3v) is 3.36. The molecule has 3 nitrogen and oxygen atoms in total. The number of ether oxygens (including phenoxy) is 1. The Morgan fingerprint density at radius 2 is 2.16 bits per heavy atom. The van der Waals surface area contributed by atoms with Crippen LogP contribution in [0, 0.1) is 0 Å². The summed E-state index contributed by atoms with van der Waals surface area (Å²) in [4.78, 5) is 12.1. The first-order valence-corrected chi connectivity index (χ1v) is 6.98. The van der Waals surface area contributed by atoms with Crippen molar-refractivity contribution >= 4 is 28.5 Å². The number of hydrogen-bond acceptors (Lipinski definition) is 2. The van der Waals surface area contributed by atoms with Crippen LogP contribution in [0.15, 0.2) is 30.5 Å². The van der Waals surface area contributed by atoms with Crippen LogP contribution >= 0.6 is 11.6 Å². The van der Waals surface area contributed by atoms with Gasteiger partial charge >= 0.3 is 5.97 Å². The molecule has 1 unspecified atom stereocenters. The molecule has 4 heteroatoms. The predicted molar refractivity (Wildman–Crippen MR) is 77.5 cm³/mol. The van der Waals surface area contributed by atoms with Gasteiger partial charge in [-0.05, 0) is 37.1 Å². The van der Waals surface area contributed by atoms with Crippen molar-refractivity contribution in [3.05, 3.63) is 35.5 Å². The van der Waals surface area contributed by atoms with E-state index < -0.39 is 0 Å². The molecule has 0 bridgehead atoms. The van der Waals surface area contributed by atoms with Crippen molar-refractivity contribution in [3.8, 4) is 0 Å². The Kier molecular flexibility index (Phi) is 4.48. The summed E-state index contributed by atoms with van der Waals surface area (Å²) in [5.74, 6) is -0.170. The van der Waals surface area contributed by atoms with Gasteiger partial charge in [-0.3, -0.25) is 0 Å². The standard InChI is InChI=1S/C15H18ClNO2/c1-3-9-19-15(18)13(4-2)17-8-7-11-10-12(16)5-6-14(11)17/h5-8,10,13H,3-4,9H2,1-2H3. The van der Waals surface area contributed by atoms with Crippen LogP contribution in [-0.4, -0.2) is 17.1 Å². The molecule has 0 aliphatic heterocycles. The monoisotopic (exact) mass is 279 g/mol. The minimum atomic E-state index is -0.273. The Hall–Kier alpha value is -1.48. The van der Waals surface area contributed by atoms with Gasteiger partial charge in [0.15, 0.2) is 0 Å². The van der Waals surface area contributed by atoms with Crippen molar-refractivity contribution in [1.82, 2.24) is 4.57 Å². The second kappa shape index (κ2) is 6.11. The molecule has 2 aromatic rings. The minimum Gasteiger partial charge on any atom is -0.464 e. The predicted octanol–water partition coefficient (Wildman–Crippen LogP) is 4.20. The Balaban J connectivity index is 2.33. The van der Waals surface area contributed by atoms with Crippen LogP contribution in [0.1, 0.15) is 32.7 Å². The van der Waals surface area contributed by atoms with Gasteiger partial charge in [0.1, 0.15) is 6.04 Å². The Bertz CT molecular complexity index is 577. The SMILES string of the molecule is CCCOC(=O)C(CC)n1ccc2cc(Cl)ccc21. The summed E-state index contributed by atoms with van der Waals surface area (Å²) in [5, 5.41) is 1.74. The third kappa shape index (κ3) is 2.92. The summed E-state index contributed by atoms with van der Waals surface area (Å²) in [6.07, 6.45) is 3.46. The van der Waals surface area contributed by atoms with E-state index in [1.165, 1.54) is 0 Å². The maximum absolute atomic E-state index is 12.1.